The predicted octanol–water partition coefficient (Wildman–Crippen LogP) is 4.55. The van der Waals surface area contributed by atoms with Crippen LogP contribution in [0.1, 0.15) is 12.8 Å². The Morgan fingerprint density at radius 3 is 2.27 bits per heavy atom. The zero-order valence-corrected chi connectivity index (χ0v) is 12.8. The van der Waals surface area contributed by atoms with Crippen LogP contribution in [0.5, 0.6) is 5.75 Å². The van der Waals surface area contributed by atoms with Gasteiger partial charge in [0.15, 0.2) is 0 Å². The Bertz CT molecular complexity index is 635. The Hall–Kier alpha value is -2.20. The third kappa shape index (κ3) is 3.71. The second-order valence-electron chi connectivity index (χ2n) is 5.21. The fourth-order valence-electron chi connectivity index (χ4n) is 2.48. The number of hydrogen-bond donors (Lipinski definition) is 1. The van der Waals surface area contributed by atoms with Crippen LogP contribution >= 0.6 is 11.6 Å². The average Bonchev–Trinajstić information content (AvgIpc) is 3.05. The van der Waals surface area contributed by atoms with Gasteiger partial charge in [-0.05, 0) is 61.4 Å². The maximum atomic E-state index is 11.8. The molecular weight excluding hydrogens is 300 g/mol. The zero-order valence-electron chi connectivity index (χ0n) is 12.1. The van der Waals surface area contributed by atoms with Crippen molar-refractivity contribution < 1.29 is 9.53 Å². The van der Waals surface area contributed by atoms with Crippen molar-refractivity contribution in [3.63, 3.8) is 0 Å². The molecule has 5 heteroatoms. The summed E-state index contributed by atoms with van der Waals surface area (Å²) < 4.78 is 5.18. The third-order valence-corrected chi connectivity index (χ3v) is 3.86. The van der Waals surface area contributed by atoms with Gasteiger partial charge in [-0.3, -0.25) is 5.32 Å². The summed E-state index contributed by atoms with van der Waals surface area (Å²) in [4.78, 5) is 14.2. The number of nitrogens with zero attached hydrogens (tertiary/aromatic N) is 1. The number of halogens is 1. The van der Waals surface area contributed by atoms with Crippen molar-refractivity contribution in [1.82, 2.24) is 0 Å². The first-order chi connectivity index (χ1) is 10.7. The van der Waals surface area contributed by atoms with E-state index >= 15 is 0 Å². The van der Waals surface area contributed by atoms with E-state index in [1.165, 1.54) is 18.5 Å². The van der Waals surface area contributed by atoms with E-state index in [1.54, 1.807) is 24.3 Å². The summed E-state index contributed by atoms with van der Waals surface area (Å²) in [6.45, 7) is 2.21. The second-order valence-corrected chi connectivity index (χ2v) is 5.65. The second kappa shape index (κ2) is 6.71. The third-order valence-electron chi connectivity index (χ3n) is 3.61. The van der Waals surface area contributed by atoms with Gasteiger partial charge in [0.2, 0.25) is 0 Å². The summed E-state index contributed by atoms with van der Waals surface area (Å²) in [7, 11) is 0. The molecule has 1 heterocycles. The Labute approximate surface area is 134 Å². The highest BCUT2D eigenvalue weighted by molar-refractivity contribution is 6.30. The minimum absolute atomic E-state index is 0.454. The van der Waals surface area contributed by atoms with Crippen LogP contribution in [0.2, 0.25) is 5.02 Å². The van der Waals surface area contributed by atoms with E-state index in [0.717, 1.165) is 13.1 Å². The summed E-state index contributed by atoms with van der Waals surface area (Å²) in [6.07, 6.45) is 1.97. The molecule has 1 fully saturated rings. The highest BCUT2D eigenvalue weighted by atomic mass is 35.5. The molecule has 0 atom stereocenters. The average molecular weight is 317 g/mol. The van der Waals surface area contributed by atoms with Gasteiger partial charge in [-0.2, -0.15) is 0 Å². The zero-order chi connectivity index (χ0) is 15.4. The number of amides is 1. The quantitative estimate of drug-likeness (QED) is 0.903. The van der Waals surface area contributed by atoms with Crippen LogP contribution < -0.4 is 15.0 Å². The van der Waals surface area contributed by atoms with Crippen LogP contribution in [0.15, 0.2) is 48.5 Å². The van der Waals surface area contributed by atoms with E-state index < -0.39 is 6.09 Å². The predicted molar refractivity (Wildman–Crippen MR) is 89.0 cm³/mol. The summed E-state index contributed by atoms with van der Waals surface area (Å²) in [6, 6.07) is 14.5. The lowest BCUT2D eigenvalue weighted by Gasteiger charge is -2.17. The van der Waals surface area contributed by atoms with Gasteiger partial charge in [-0.25, -0.2) is 4.79 Å². The van der Waals surface area contributed by atoms with Gasteiger partial charge in [0, 0.05) is 29.5 Å². The maximum absolute atomic E-state index is 11.8. The van der Waals surface area contributed by atoms with Gasteiger partial charge in [0.05, 0.1) is 0 Å². The van der Waals surface area contributed by atoms with Crippen LogP contribution in [0.3, 0.4) is 0 Å². The molecule has 0 unspecified atom stereocenters. The van der Waals surface area contributed by atoms with E-state index in [9.17, 15) is 4.79 Å². The first kappa shape index (κ1) is 14.7. The molecule has 0 spiro atoms. The summed E-state index contributed by atoms with van der Waals surface area (Å²) >= 11 is 5.79. The number of rotatable bonds is 3. The molecule has 0 bridgehead atoms. The lowest BCUT2D eigenvalue weighted by molar-refractivity contribution is 0.215. The van der Waals surface area contributed by atoms with Crippen molar-refractivity contribution in [2.24, 2.45) is 0 Å². The fourth-order valence-corrected chi connectivity index (χ4v) is 2.61. The van der Waals surface area contributed by atoms with Gasteiger partial charge in [-0.15, -0.1) is 0 Å². The van der Waals surface area contributed by atoms with Crippen LogP contribution in [0.4, 0.5) is 16.2 Å². The number of carbonyl (C=O) groups excluding carboxylic acids is 1. The van der Waals surface area contributed by atoms with Gasteiger partial charge in [0.25, 0.3) is 0 Å². The Morgan fingerprint density at radius 1 is 1.00 bits per heavy atom. The molecule has 1 aliphatic rings. The number of ether oxygens (including phenoxy) is 1. The topological polar surface area (TPSA) is 41.6 Å². The number of anilines is 2. The molecule has 1 amide bonds. The molecule has 0 radical (unpaired) electrons. The molecule has 0 aliphatic carbocycles. The van der Waals surface area contributed by atoms with Gasteiger partial charge in [0.1, 0.15) is 5.75 Å². The number of carbonyl (C=O) groups is 1. The van der Waals surface area contributed by atoms with E-state index in [2.05, 4.69) is 10.2 Å². The molecule has 1 saturated heterocycles. The number of benzene rings is 2. The van der Waals surface area contributed by atoms with Crippen molar-refractivity contribution in [3.8, 4) is 5.75 Å². The fraction of sp³-hybridized carbons (Fsp3) is 0.235. The standard InChI is InChI=1S/C17H17ClN2O2/c18-13-3-9-16(10-4-13)22-17(21)19-14-5-7-15(8-6-14)20-11-1-2-12-20/h3-10H,1-2,11-12H2,(H,19,21). The normalized spacial score (nSPS) is 14.0. The van der Waals surface area contributed by atoms with Crippen molar-refractivity contribution in [2.75, 3.05) is 23.3 Å². The Balaban J connectivity index is 1.57. The summed E-state index contributed by atoms with van der Waals surface area (Å²) in [5, 5.41) is 3.31. The van der Waals surface area contributed by atoms with Crippen molar-refractivity contribution >= 4 is 29.1 Å². The molecular formula is C17H17ClN2O2. The van der Waals surface area contributed by atoms with Crippen molar-refractivity contribution in [2.45, 2.75) is 12.8 Å². The highest BCUT2D eigenvalue weighted by Crippen LogP contribution is 2.22. The molecule has 2 aromatic rings. The number of hydrogen-bond acceptors (Lipinski definition) is 3. The van der Waals surface area contributed by atoms with E-state index in [0.29, 0.717) is 16.5 Å². The molecule has 0 aromatic heterocycles. The van der Waals surface area contributed by atoms with Crippen LogP contribution in [0.25, 0.3) is 0 Å². The van der Waals surface area contributed by atoms with E-state index in [-0.39, 0.29) is 0 Å². The molecule has 1 N–H and O–H groups in total. The van der Waals surface area contributed by atoms with Gasteiger partial charge < -0.3 is 9.64 Å². The van der Waals surface area contributed by atoms with Gasteiger partial charge >= 0.3 is 6.09 Å². The first-order valence-electron chi connectivity index (χ1n) is 7.30. The molecule has 3 rings (SSSR count). The molecule has 1 aliphatic heterocycles. The first-order valence-corrected chi connectivity index (χ1v) is 7.68. The maximum Gasteiger partial charge on any atom is 0.417 e. The minimum Gasteiger partial charge on any atom is -0.410 e. The smallest absolute Gasteiger partial charge is 0.410 e. The molecule has 114 valence electrons. The Morgan fingerprint density at radius 2 is 1.64 bits per heavy atom. The Kier molecular flexibility index (Phi) is 4.49. The lowest BCUT2D eigenvalue weighted by atomic mass is 10.2. The molecule has 0 saturated carbocycles. The molecule has 4 nitrogen and oxygen atoms in total. The van der Waals surface area contributed by atoms with Crippen molar-refractivity contribution in [1.29, 1.82) is 0 Å². The van der Waals surface area contributed by atoms with Crippen LogP contribution in [-0.4, -0.2) is 19.2 Å². The molecule has 22 heavy (non-hydrogen) atoms. The van der Waals surface area contributed by atoms with Gasteiger partial charge in [-0.1, -0.05) is 11.6 Å². The van der Waals surface area contributed by atoms with E-state index in [4.69, 9.17) is 16.3 Å². The summed E-state index contributed by atoms with van der Waals surface area (Å²) in [5.74, 6) is 0.454. The monoisotopic (exact) mass is 316 g/mol. The van der Waals surface area contributed by atoms with Crippen molar-refractivity contribution in [3.05, 3.63) is 53.6 Å². The largest absolute Gasteiger partial charge is 0.417 e. The number of nitrogens with one attached hydrogen (secondary N) is 1. The lowest BCUT2D eigenvalue weighted by Crippen LogP contribution is -2.18. The minimum atomic E-state index is -0.517. The highest BCUT2D eigenvalue weighted by Gasteiger charge is 2.12. The van der Waals surface area contributed by atoms with Crippen LogP contribution in [0, 0.1) is 0 Å². The van der Waals surface area contributed by atoms with Crippen LogP contribution in [-0.2, 0) is 0 Å². The SMILES string of the molecule is O=C(Nc1ccc(N2CCCC2)cc1)Oc1ccc(Cl)cc1. The summed E-state index contributed by atoms with van der Waals surface area (Å²) in [5.41, 5.74) is 1.90. The van der Waals surface area contributed by atoms with E-state index in [1.807, 2.05) is 24.3 Å². The molecule has 2 aromatic carbocycles.